The van der Waals surface area contributed by atoms with E-state index in [1.807, 2.05) is 0 Å². The smallest absolute Gasteiger partial charge is 0.289 e. The van der Waals surface area contributed by atoms with E-state index >= 15 is 0 Å². The van der Waals surface area contributed by atoms with E-state index in [0.29, 0.717) is 11.0 Å². The van der Waals surface area contributed by atoms with Gasteiger partial charge in [-0.1, -0.05) is 12.1 Å². The lowest BCUT2D eigenvalue weighted by molar-refractivity contribution is 0.0368. The van der Waals surface area contributed by atoms with E-state index in [1.165, 1.54) is 25.1 Å². The summed E-state index contributed by atoms with van der Waals surface area (Å²) in [5.74, 6) is -0.515. The summed E-state index contributed by atoms with van der Waals surface area (Å²) in [7, 11) is 2.99. The van der Waals surface area contributed by atoms with Crippen LogP contribution in [0.3, 0.4) is 0 Å². The van der Waals surface area contributed by atoms with Gasteiger partial charge in [-0.05, 0) is 12.1 Å². The Bertz CT molecular complexity index is 694. The molecule has 0 saturated heterocycles. The number of carbonyl (C=O) groups is 1. The van der Waals surface area contributed by atoms with E-state index in [4.69, 9.17) is 9.15 Å². The third-order valence-corrected chi connectivity index (χ3v) is 3.04. The van der Waals surface area contributed by atoms with Gasteiger partial charge in [0.25, 0.3) is 5.91 Å². The number of rotatable bonds is 5. The van der Waals surface area contributed by atoms with Gasteiger partial charge in [-0.25, -0.2) is 0 Å². The Morgan fingerprint density at radius 3 is 2.86 bits per heavy atom. The van der Waals surface area contributed by atoms with Crippen molar-refractivity contribution in [2.45, 2.75) is 6.10 Å². The first kappa shape index (κ1) is 15.2. The number of nitrogens with zero attached hydrogens (tertiary/aromatic N) is 1. The zero-order valence-corrected chi connectivity index (χ0v) is 11.9. The Labute approximate surface area is 121 Å². The van der Waals surface area contributed by atoms with Crippen LogP contribution in [0.2, 0.25) is 0 Å². The van der Waals surface area contributed by atoms with Crippen molar-refractivity contribution in [3.8, 4) is 0 Å². The van der Waals surface area contributed by atoms with Crippen molar-refractivity contribution in [2.24, 2.45) is 0 Å². The molecule has 1 unspecified atom stereocenters. The Balaban J connectivity index is 2.25. The number of para-hydroxylation sites is 1. The molecule has 1 atom stereocenters. The largest absolute Gasteiger partial charge is 0.451 e. The van der Waals surface area contributed by atoms with Gasteiger partial charge in [-0.3, -0.25) is 9.59 Å². The lowest BCUT2D eigenvalue weighted by Crippen LogP contribution is -2.36. The van der Waals surface area contributed by atoms with Crippen LogP contribution in [0, 0.1) is 0 Å². The number of hydrogen-bond acceptors (Lipinski definition) is 5. The summed E-state index contributed by atoms with van der Waals surface area (Å²) in [5, 5.41) is 10.1. The SMILES string of the molecule is COCC(O)CN(C)C(=O)c1cc(=O)c2ccccc2o1. The molecule has 1 N–H and O–H groups in total. The normalized spacial score (nSPS) is 12.3. The summed E-state index contributed by atoms with van der Waals surface area (Å²) in [6.07, 6.45) is -0.795. The molecule has 0 radical (unpaired) electrons. The maximum atomic E-state index is 12.2. The van der Waals surface area contributed by atoms with Crippen molar-refractivity contribution >= 4 is 16.9 Å². The number of aliphatic hydroxyl groups excluding tert-OH is 1. The highest BCUT2D eigenvalue weighted by molar-refractivity contribution is 5.93. The zero-order chi connectivity index (χ0) is 15.4. The molecule has 2 aromatic rings. The van der Waals surface area contributed by atoms with Gasteiger partial charge in [0.1, 0.15) is 5.58 Å². The maximum absolute atomic E-state index is 12.2. The van der Waals surface area contributed by atoms with Crippen LogP contribution in [-0.4, -0.2) is 49.3 Å². The van der Waals surface area contributed by atoms with Crippen molar-refractivity contribution in [1.82, 2.24) is 4.90 Å². The lowest BCUT2D eigenvalue weighted by Gasteiger charge is -2.19. The molecule has 0 saturated carbocycles. The fourth-order valence-corrected chi connectivity index (χ4v) is 2.04. The van der Waals surface area contributed by atoms with Crippen molar-refractivity contribution < 1.29 is 19.1 Å². The van der Waals surface area contributed by atoms with Crippen LogP contribution in [-0.2, 0) is 4.74 Å². The highest BCUT2D eigenvalue weighted by Crippen LogP contribution is 2.13. The number of aliphatic hydroxyl groups is 1. The number of methoxy groups -OCH3 is 1. The van der Waals surface area contributed by atoms with E-state index in [2.05, 4.69) is 0 Å². The highest BCUT2D eigenvalue weighted by atomic mass is 16.5. The van der Waals surface area contributed by atoms with Gasteiger partial charge >= 0.3 is 0 Å². The minimum Gasteiger partial charge on any atom is -0.451 e. The van der Waals surface area contributed by atoms with Crippen LogP contribution in [0.15, 0.2) is 39.5 Å². The van der Waals surface area contributed by atoms with Crippen LogP contribution >= 0.6 is 0 Å². The first-order valence-corrected chi connectivity index (χ1v) is 6.48. The summed E-state index contributed by atoms with van der Waals surface area (Å²) in [6.45, 7) is 0.211. The van der Waals surface area contributed by atoms with Gasteiger partial charge in [-0.2, -0.15) is 0 Å². The number of benzene rings is 1. The molecular formula is C15H17NO5. The topological polar surface area (TPSA) is 80.0 Å². The molecule has 0 aliphatic carbocycles. The second-order valence-electron chi connectivity index (χ2n) is 4.77. The maximum Gasteiger partial charge on any atom is 0.289 e. The average Bonchev–Trinajstić information content (AvgIpc) is 2.46. The molecule has 0 fully saturated rings. The van der Waals surface area contributed by atoms with E-state index in [1.54, 1.807) is 24.3 Å². The Hall–Kier alpha value is -2.18. The molecule has 112 valence electrons. The van der Waals surface area contributed by atoms with Crippen LogP contribution in [0.5, 0.6) is 0 Å². The second-order valence-corrected chi connectivity index (χ2v) is 4.77. The molecule has 2 rings (SSSR count). The summed E-state index contributed by atoms with van der Waals surface area (Å²) < 4.78 is 10.3. The fraction of sp³-hybridized carbons (Fsp3) is 0.333. The fourth-order valence-electron chi connectivity index (χ4n) is 2.04. The number of hydrogen-bond donors (Lipinski definition) is 1. The number of carbonyl (C=O) groups excluding carboxylic acids is 1. The Morgan fingerprint density at radius 2 is 2.14 bits per heavy atom. The molecule has 21 heavy (non-hydrogen) atoms. The second kappa shape index (κ2) is 6.51. The van der Waals surface area contributed by atoms with Crippen molar-refractivity contribution in [3.63, 3.8) is 0 Å². The van der Waals surface area contributed by atoms with Gasteiger partial charge in [-0.15, -0.1) is 0 Å². The van der Waals surface area contributed by atoms with Crippen LogP contribution in [0.25, 0.3) is 11.0 Å². The van der Waals surface area contributed by atoms with Gasteiger partial charge in [0.15, 0.2) is 11.2 Å². The number of amides is 1. The van der Waals surface area contributed by atoms with Crippen molar-refractivity contribution in [1.29, 1.82) is 0 Å². The molecule has 6 heteroatoms. The first-order valence-electron chi connectivity index (χ1n) is 6.48. The molecule has 1 aromatic carbocycles. The summed E-state index contributed by atoms with van der Waals surface area (Å²) >= 11 is 0. The minimum absolute atomic E-state index is 0.0502. The Morgan fingerprint density at radius 1 is 1.43 bits per heavy atom. The average molecular weight is 291 g/mol. The standard InChI is InChI=1S/C15H17NO5/c1-16(8-10(17)9-20-2)15(19)14-7-12(18)11-5-3-4-6-13(11)21-14/h3-7,10,17H,8-9H2,1-2H3. The summed E-state index contributed by atoms with van der Waals surface area (Å²) in [4.78, 5) is 25.5. The van der Waals surface area contributed by atoms with Crippen LogP contribution in [0.1, 0.15) is 10.6 Å². The highest BCUT2D eigenvalue weighted by Gasteiger charge is 2.19. The molecular weight excluding hydrogens is 274 g/mol. The lowest BCUT2D eigenvalue weighted by atomic mass is 10.2. The predicted octanol–water partition coefficient (Wildman–Crippen LogP) is 0.872. The van der Waals surface area contributed by atoms with E-state index < -0.39 is 12.0 Å². The molecule has 6 nitrogen and oxygen atoms in total. The molecule has 1 heterocycles. The first-order chi connectivity index (χ1) is 10.0. The molecule has 1 amide bonds. The number of ether oxygens (including phenoxy) is 1. The monoisotopic (exact) mass is 291 g/mol. The third-order valence-electron chi connectivity index (χ3n) is 3.04. The van der Waals surface area contributed by atoms with Gasteiger partial charge in [0.05, 0.1) is 18.1 Å². The van der Waals surface area contributed by atoms with Crippen LogP contribution in [0.4, 0.5) is 0 Å². The molecule has 1 aromatic heterocycles. The van der Waals surface area contributed by atoms with Crippen LogP contribution < -0.4 is 5.43 Å². The van der Waals surface area contributed by atoms with Gasteiger partial charge in [0, 0.05) is 26.8 Å². The molecule has 0 aliphatic heterocycles. The quantitative estimate of drug-likeness (QED) is 0.884. The van der Waals surface area contributed by atoms with Crippen molar-refractivity contribution in [2.75, 3.05) is 27.3 Å². The number of likely N-dealkylation sites (N-methyl/N-ethyl adjacent to an activating group) is 1. The zero-order valence-electron chi connectivity index (χ0n) is 11.9. The summed E-state index contributed by atoms with van der Waals surface area (Å²) in [6, 6.07) is 7.90. The van der Waals surface area contributed by atoms with Gasteiger partial charge < -0.3 is 19.2 Å². The number of fused-ring (bicyclic) bond motifs is 1. The predicted molar refractivity (Wildman–Crippen MR) is 77.3 cm³/mol. The van der Waals surface area contributed by atoms with E-state index in [-0.39, 0.29) is 24.3 Å². The van der Waals surface area contributed by atoms with Gasteiger partial charge in [0.2, 0.25) is 0 Å². The van der Waals surface area contributed by atoms with E-state index in [9.17, 15) is 14.7 Å². The Kier molecular flexibility index (Phi) is 4.72. The minimum atomic E-state index is -0.795. The summed E-state index contributed by atoms with van der Waals surface area (Å²) in [5.41, 5.74) is 0.0882. The third kappa shape index (κ3) is 3.48. The van der Waals surface area contributed by atoms with E-state index in [0.717, 1.165) is 0 Å². The van der Waals surface area contributed by atoms with Crippen molar-refractivity contribution in [3.05, 3.63) is 46.3 Å². The molecule has 0 aliphatic rings. The molecule has 0 spiro atoms. The molecule has 0 bridgehead atoms.